The van der Waals surface area contributed by atoms with Gasteiger partial charge in [-0.05, 0) is 25.8 Å². The lowest BCUT2D eigenvalue weighted by molar-refractivity contribution is -0.154. The molecule has 1 fully saturated rings. The highest BCUT2D eigenvalue weighted by Crippen LogP contribution is 2.32. The Bertz CT molecular complexity index is 792. The molecule has 7 heteroatoms. The molecule has 1 aliphatic heterocycles. The minimum atomic E-state index is -0.995. The normalized spacial score (nSPS) is 16.9. The lowest BCUT2D eigenvalue weighted by atomic mass is 9.80. The Hall–Kier alpha value is -2.05. The molecular formula is C17H18ClNO5. The molecule has 0 bridgehead atoms. The van der Waals surface area contributed by atoms with Crippen molar-refractivity contribution in [1.29, 1.82) is 0 Å². The molecule has 0 aliphatic carbocycles. The van der Waals surface area contributed by atoms with Crippen LogP contribution in [0.15, 0.2) is 22.6 Å². The third-order valence-corrected chi connectivity index (χ3v) is 4.91. The Morgan fingerprint density at radius 1 is 1.33 bits per heavy atom. The van der Waals surface area contributed by atoms with Gasteiger partial charge in [-0.1, -0.05) is 23.7 Å². The molecule has 0 atom stereocenters. The van der Waals surface area contributed by atoms with Gasteiger partial charge in [0.05, 0.1) is 10.4 Å². The minimum absolute atomic E-state index is 0.0365. The summed E-state index contributed by atoms with van der Waals surface area (Å²) in [7, 11) is 0. The highest BCUT2D eigenvalue weighted by Gasteiger charge is 2.40. The van der Waals surface area contributed by atoms with Crippen molar-refractivity contribution in [3.05, 3.63) is 34.5 Å². The van der Waals surface area contributed by atoms with E-state index in [9.17, 15) is 14.7 Å². The Balaban J connectivity index is 1.81. The maximum Gasteiger partial charge on any atom is 0.311 e. The fraction of sp³-hybridized carbons (Fsp3) is 0.412. The molecule has 6 nitrogen and oxygen atoms in total. The van der Waals surface area contributed by atoms with Gasteiger partial charge < -0.3 is 19.6 Å². The molecule has 1 saturated heterocycles. The predicted octanol–water partition coefficient (Wildman–Crippen LogP) is 3.01. The molecule has 2 heterocycles. The summed E-state index contributed by atoms with van der Waals surface area (Å²) in [6.45, 7) is 2.57. The molecule has 2 N–H and O–H groups in total. The number of fused-ring (bicyclic) bond motifs is 1. The Kier molecular flexibility index (Phi) is 4.51. The number of hydrogen-bond donors (Lipinski definition) is 2. The fourth-order valence-electron chi connectivity index (χ4n) is 2.98. The van der Waals surface area contributed by atoms with Crippen LogP contribution in [0.2, 0.25) is 5.02 Å². The van der Waals surface area contributed by atoms with Crippen LogP contribution in [-0.2, 0) is 9.53 Å². The summed E-state index contributed by atoms with van der Waals surface area (Å²) < 4.78 is 10.8. The van der Waals surface area contributed by atoms with Gasteiger partial charge in [0.2, 0.25) is 0 Å². The average Bonchev–Trinajstić information content (AvgIpc) is 2.92. The standard InChI is InChI=1S/C17H18ClNO5/c1-10-11-3-2-4-12(18)14(11)24-13(10)15(20)19-9-17(16(21)22)5-7-23-8-6-17/h2-4H,5-9H2,1H3,(H,19,20)(H,21,22). The second kappa shape index (κ2) is 6.45. The van der Waals surface area contributed by atoms with Crippen LogP contribution in [0.5, 0.6) is 0 Å². The van der Waals surface area contributed by atoms with Gasteiger partial charge in [0, 0.05) is 30.7 Å². The van der Waals surface area contributed by atoms with Crippen molar-refractivity contribution in [1.82, 2.24) is 5.32 Å². The van der Waals surface area contributed by atoms with E-state index in [2.05, 4.69) is 5.32 Å². The van der Waals surface area contributed by atoms with E-state index in [1.807, 2.05) is 6.07 Å². The zero-order valence-corrected chi connectivity index (χ0v) is 14.0. The van der Waals surface area contributed by atoms with Gasteiger partial charge >= 0.3 is 5.97 Å². The molecule has 1 aromatic carbocycles. The van der Waals surface area contributed by atoms with Gasteiger partial charge in [-0.2, -0.15) is 0 Å². The van der Waals surface area contributed by atoms with Crippen LogP contribution in [-0.4, -0.2) is 36.7 Å². The first-order valence-corrected chi connectivity index (χ1v) is 8.09. The zero-order chi connectivity index (χ0) is 17.3. The van der Waals surface area contributed by atoms with Crippen molar-refractivity contribution in [2.75, 3.05) is 19.8 Å². The maximum atomic E-state index is 12.5. The van der Waals surface area contributed by atoms with E-state index in [1.165, 1.54) is 0 Å². The number of nitrogens with one attached hydrogen (secondary N) is 1. The molecule has 1 aromatic heterocycles. The number of hydrogen-bond acceptors (Lipinski definition) is 4. The molecule has 0 unspecified atom stereocenters. The summed E-state index contributed by atoms with van der Waals surface area (Å²) in [5.41, 5.74) is 0.146. The molecule has 0 saturated carbocycles. The molecule has 24 heavy (non-hydrogen) atoms. The number of halogens is 1. The number of ether oxygens (including phenoxy) is 1. The first-order valence-electron chi connectivity index (χ1n) is 7.71. The minimum Gasteiger partial charge on any atom is -0.481 e. The van der Waals surface area contributed by atoms with E-state index in [0.29, 0.717) is 42.2 Å². The van der Waals surface area contributed by atoms with Crippen LogP contribution in [0.3, 0.4) is 0 Å². The van der Waals surface area contributed by atoms with Crippen LogP contribution >= 0.6 is 11.6 Å². The molecule has 128 valence electrons. The summed E-state index contributed by atoms with van der Waals surface area (Å²) in [4.78, 5) is 24.1. The van der Waals surface area contributed by atoms with E-state index in [4.69, 9.17) is 20.8 Å². The number of aryl methyl sites for hydroxylation is 1. The first-order chi connectivity index (χ1) is 11.4. The smallest absolute Gasteiger partial charge is 0.311 e. The number of carbonyl (C=O) groups excluding carboxylic acids is 1. The van der Waals surface area contributed by atoms with Crippen LogP contribution in [0, 0.1) is 12.3 Å². The molecule has 2 aromatic rings. The van der Waals surface area contributed by atoms with Crippen LogP contribution < -0.4 is 5.32 Å². The molecule has 3 rings (SSSR count). The summed E-state index contributed by atoms with van der Waals surface area (Å²) in [5, 5.41) is 13.4. The second-order valence-electron chi connectivity index (χ2n) is 6.05. The quantitative estimate of drug-likeness (QED) is 0.883. The Morgan fingerprint density at radius 2 is 2.04 bits per heavy atom. The van der Waals surface area contributed by atoms with Crippen molar-refractivity contribution in [2.24, 2.45) is 5.41 Å². The number of aliphatic carboxylic acids is 1. The van der Waals surface area contributed by atoms with Gasteiger partial charge in [-0.25, -0.2) is 0 Å². The summed E-state index contributed by atoms with van der Waals surface area (Å²) in [5.74, 6) is -1.20. The third kappa shape index (κ3) is 2.87. The van der Waals surface area contributed by atoms with Crippen molar-refractivity contribution in [3.8, 4) is 0 Å². The fourth-order valence-corrected chi connectivity index (χ4v) is 3.20. The zero-order valence-electron chi connectivity index (χ0n) is 13.2. The number of carbonyl (C=O) groups is 2. The lowest BCUT2D eigenvalue weighted by Crippen LogP contribution is -2.46. The predicted molar refractivity (Wildman–Crippen MR) is 88.4 cm³/mol. The Labute approximate surface area is 143 Å². The van der Waals surface area contributed by atoms with E-state index >= 15 is 0 Å². The topological polar surface area (TPSA) is 88.8 Å². The van der Waals surface area contributed by atoms with Crippen molar-refractivity contribution >= 4 is 34.4 Å². The monoisotopic (exact) mass is 351 g/mol. The summed E-state index contributed by atoms with van der Waals surface area (Å²) in [6, 6.07) is 5.31. The van der Waals surface area contributed by atoms with Crippen molar-refractivity contribution in [3.63, 3.8) is 0 Å². The lowest BCUT2D eigenvalue weighted by Gasteiger charge is -2.32. The van der Waals surface area contributed by atoms with E-state index in [1.54, 1.807) is 19.1 Å². The van der Waals surface area contributed by atoms with Crippen molar-refractivity contribution in [2.45, 2.75) is 19.8 Å². The number of amides is 1. The number of rotatable bonds is 4. The van der Waals surface area contributed by atoms with Gasteiger partial charge in [0.15, 0.2) is 11.3 Å². The maximum absolute atomic E-state index is 12.5. The van der Waals surface area contributed by atoms with Gasteiger partial charge in [-0.3, -0.25) is 9.59 Å². The number of carboxylic acid groups (broad SMARTS) is 1. The summed E-state index contributed by atoms with van der Waals surface area (Å²) >= 11 is 6.09. The molecule has 0 radical (unpaired) electrons. The number of benzene rings is 1. The molecular weight excluding hydrogens is 334 g/mol. The van der Waals surface area contributed by atoms with E-state index in [0.717, 1.165) is 5.39 Å². The molecule has 1 amide bonds. The Morgan fingerprint density at radius 3 is 2.67 bits per heavy atom. The second-order valence-corrected chi connectivity index (χ2v) is 6.46. The third-order valence-electron chi connectivity index (χ3n) is 4.61. The van der Waals surface area contributed by atoms with Gasteiger partial charge in [0.1, 0.15) is 0 Å². The van der Waals surface area contributed by atoms with E-state index in [-0.39, 0.29) is 12.3 Å². The largest absolute Gasteiger partial charge is 0.481 e. The van der Waals surface area contributed by atoms with Gasteiger partial charge in [-0.15, -0.1) is 0 Å². The molecule has 0 spiro atoms. The van der Waals surface area contributed by atoms with E-state index < -0.39 is 17.3 Å². The number of furan rings is 1. The van der Waals surface area contributed by atoms with Crippen LogP contribution in [0.1, 0.15) is 29.0 Å². The first kappa shape index (κ1) is 16.8. The number of carboxylic acids is 1. The van der Waals surface area contributed by atoms with Crippen LogP contribution in [0.4, 0.5) is 0 Å². The highest BCUT2D eigenvalue weighted by molar-refractivity contribution is 6.35. The van der Waals surface area contributed by atoms with Gasteiger partial charge in [0.25, 0.3) is 5.91 Å². The SMILES string of the molecule is Cc1c(C(=O)NCC2(C(=O)O)CCOCC2)oc2c(Cl)cccc12. The van der Waals surface area contributed by atoms with Crippen molar-refractivity contribution < 1.29 is 23.8 Å². The summed E-state index contributed by atoms with van der Waals surface area (Å²) in [6.07, 6.45) is 0.737. The average molecular weight is 352 g/mol. The number of para-hydroxylation sites is 1. The highest BCUT2D eigenvalue weighted by atomic mass is 35.5. The molecule has 1 aliphatic rings. The van der Waals surface area contributed by atoms with Crippen LogP contribution in [0.25, 0.3) is 11.0 Å².